The molecule has 100 valence electrons. The Bertz CT molecular complexity index is 488. The monoisotopic (exact) mass is 270 g/mol. The predicted octanol–water partition coefficient (Wildman–Crippen LogP) is 2.03. The summed E-state index contributed by atoms with van der Waals surface area (Å²) in [6.07, 6.45) is 3.10. The highest BCUT2D eigenvalue weighted by molar-refractivity contribution is 7.86. The fourth-order valence-corrected chi connectivity index (χ4v) is 2.24. The molecular weight excluding hydrogens is 252 g/mol. The minimum Gasteiger partial charge on any atom is -0.390 e. The van der Waals surface area contributed by atoms with E-state index < -0.39 is 16.2 Å². The molecule has 0 aliphatic heterocycles. The fraction of sp³-hybridized carbons (Fsp3) is 0.385. The molecule has 0 unspecified atom stereocenters. The lowest BCUT2D eigenvalue weighted by atomic mass is 10.2. The highest BCUT2D eigenvalue weighted by Gasteiger charge is 2.16. The first-order valence-corrected chi connectivity index (χ1v) is 7.12. The number of rotatable bonds is 6. The van der Waals surface area contributed by atoms with Crippen LogP contribution in [0.15, 0.2) is 41.3 Å². The molecule has 0 heterocycles. The Labute approximate surface area is 108 Å². The summed E-state index contributed by atoms with van der Waals surface area (Å²) in [7, 11) is -3.78. The summed E-state index contributed by atoms with van der Waals surface area (Å²) in [6.45, 7) is 3.47. The van der Waals surface area contributed by atoms with Gasteiger partial charge in [-0.3, -0.25) is 4.18 Å². The fourth-order valence-electron chi connectivity index (χ4n) is 1.30. The Morgan fingerprint density at radius 1 is 1.33 bits per heavy atom. The zero-order chi connectivity index (χ0) is 13.6. The van der Waals surface area contributed by atoms with Crippen LogP contribution in [-0.2, 0) is 14.3 Å². The van der Waals surface area contributed by atoms with Crippen molar-refractivity contribution in [1.29, 1.82) is 0 Å². The van der Waals surface area contributed by atoms with Crippen LogP contribution in [0.2, 0.25) is 0 Å². The molecule has 0 saturated heterocycles. The summed E-state index contributed by atoms with van der Waals surface area (Å²) < 4.78 is 28.3. The van der Waals surface area contributed by atoms with Gasteiger partial charge in [0.25, 0.3) is 10.1 Å². The first-order valence-electron chi connectivity index (χ1n) is 5.71. The minimum atomic E-state index is -3.78. The zero-order valence-corrected chi connectivity index (χ0v) is 11.4. The molecule has 1 aromatic rings. The van der Waals surface area contributed by atoms with Crippen LogP contribution in [0.5, 0.6) is 0 Å². The number of hydrogen-bond donors (Lipinski definition) is 1. The number of benzene rings is 1. The molecule has 5 heteroatoms. The van der Waals surface area contributed by atoms with Crippen LogP contribution in [0, 0.1) is 6.92 Å². The van der Waals surface area contributed by atoms with E-state index in [-0.39, 0.29) is 11.5 Å². The molecule has 4 nitrogen and oxygen atoms in total. The molecule has 0 bridgehead atoms. The van der Waals surface area contributed by atoms with E-state index in [4.69, 9.17) is 4.18 Å². The van der Waals surface area contributed by atoms with Crippen LogP contribution < -0.4 is 0 Å². The third-order valence-corrected chi connectivity index (χ3v) is 3.66. The van der Waals surface area contributed by atoms with Crippen molar-refractivity contribution in [3.8, 4) is 0 Å². The maximum absolute atomic E-state index is 11.8. The second kappa shape index (κ2) is 6.68. The normalized spacial score (nSPS) is 13.9. The maximum Gasteiger partial charge on any atom is 0.297 e. The lowest BCUT2D eigenvalue weighted by Gasteiger charge is -2.09. The second-order valence-electron chi connectivity index (χ2n) is 4.01. The molecule has 1 N–H and O–H groups in total. The van der Waals surface area contributed by atoms with E-state index in [0.29, 0.717) is 6.42 Å². The van der Waals surface area contributed by atoms with Crippen molar-refractivity contribution in [2.75, 3.05) is 6.61 Å². The molecule has 1 atom stereocenters. The molecule has 0 aromatic heterocycles. The van der Waals surface area contributed by atoms with Crippen molar-refractivity contribution in [1.82, 2.24) is 0 Å². The molecule has 1 rings (SSSR count). The molecule has 0 aliphatic rings. The van der Waals surface area contributed by atoms with Crippen LogP contribution in [0.25, 0.3) is 0 Å². The average Bonchev–Trinajstić information content (AvgIpc) is 2.34. The maximum atomic E-state index is 11.8. The Morgan fingerprint density at radius 3 is 2.50 bits per heavy atom. The van der Waals surface area contributed by atoms with E-state index in [9.17, 15) is 13.5 Å². The van der Waals surface area contributed by atoms with Crippen molar-refractivity contribution in [2.24, 2.45) is 0 Å². The van der Waals surface area contributed by atoms with Gasteiger partial charge in [0.15, 0.2) is 0 Å². The van der Waals surface area contributed by atoms with E-state index in [1.807, 2.05) is 13.8 Å². The Balaban J connectivity index is 2.62. The molecule has 0 amide bonds. The summed E-state index contributed by atoms with van der Waals surface area (Å²) in [6, 6.07) is 6.38. The minimum absolute atomic E-state index is 0.103. The van der Waals surface area contributed by atoms with Crippen LogP contribution in [0.4, 0.5) is 0 Å². The lowest BCUT2D eigenvalue weighted by Crippen LogP contribution is -2.18. The molecule has 0 radical (unpaired) electrons. The Morgan fingerprint density at radius 2 is 1.94 bits per heavy atom. The predicted molar refractivity (Wildman–Crippen MR) is 69.8 cm³/mol. The van der Waals surface area contributed by atoms with Gasteiger partial charge in [0.1, 0.15) is 0 Å². The van der Waals surface area contributed by atoms with Crippen molar-refractivity contribution in [3.05, 3.63) is 42.0 Å². The van der Waals surface area contributed by atoms with Crippen molar-refractivity contribution in [3.63, 3.8) is 0 Å². The summed E-state index contributed by atoms with van der Waals surface area (Å²) in [5.74, 6) is 0. The van der Waals surface area contributed by atoms with Gasteiger partial charge in [0, 0.05) is 0 Å². The molecule has 0 aliphatic carbocycles. The Kier molecular flexibility index (Phi) is 5.53. The first kappa shape index (κ1) is 14.9. The van der Waals surface area contributed by atoms with E-state index in [1.165, 1.54) is 12.1 Å². The van der Waals surface area contributed by atoms with E-state index in [1.54, 1.807) is 24.3 Å². The molecule has 0 fully saturated rings. The summed E-state index contributed by atoms with van der Waals surface area (Å²) in [5.41, 5.74) is 0.974. The van der Waals surface area contributed by atoms with Gasteiger partial charge in [-0.2, -0.15) is 8.42 Å². The summed E-state index contributed by atoms with van der Waals surface area (Å²) in [5, 5.41) is 9.49. The van der Waals surface area contributed by atoms with Crippen molar-refractivity contribution < 1.29 is 17.7 Å². The average molecular weight is 270 g/mol. The number of aliphatic hydroxyl groups excluding tert-OH is 1. The van der Waals surface area contributed by atoms with E-state index in [2.05, 4.69) is 0 Å². The van der Waals surface area contributed by atoms with Crippen LogP contribution >= 0.6 is 0 Å². The van der Waals surface area contributed by atoms with E-state index in [0.717, 1.165) is 5.56 Å². The summed E-state index contributed by atoms with van der Waals surface area (Å²) >= 11 is 0. The lowest BCUT2D eigenvalue weighted by molar-refractivity contribution is 0.113. The van der Waals surface area contributed by atoms with Gasteiger partial charge >= 0.3 is 0 Å². The highest BCUT2D eigenvalue weighted by atomic mass is 32.2. The molecule has 18 heavy (non-hydrogen) atoms. The molecule has 0 spiro atoms. The quantitative estimate of drug-likeness (QED) is 0.634. The molecular formula is C13H18O4S. The van der Waals surface area contributed by atoms with Crippen LogP contribution in [0.1, 0.15) is 18.9 Å². The van der Waals surface area contributed by atoms with Gasteiger partial charge < -0.3 is 5.11 Å². The standard InChI is InChI=1S/C13H18O4S/c1-3-4-5-12(14)10-17-18(15,16)13-8-6-11(2)7-9-13/h3-4,6-9,12,14H,5,10H2,1-2H3/b4-3+/t12-/m1/s1. The number of aryl methyl sites for hydroxylation is 1. The van der Waals surface area contributed by atoms with Crippen LogP contribution in [0.3, 0.4) is 0 Å². The van der Waals surface area contributed by atoms with Gasteiger partial charge in [0.2, 0.25) is 0 Å². The number of aliphatic hydroxyl groups is 1. The number of allylic oxidation sites excluding steroid dienone is 1. The molecule has 0 saturated carbocycles. The van der Waals surface area contributed by atoms with Gasteiger partial charge in [0.05, 0.1) is 17.6 Å². The smallest absolute Gasteiger partial charge is 0.297 e. The van der Waals surface area contributed by atoms with Gasteiger partial charge in [-0.1, -0.05) is 29.8 Å². The van der Waals surface area contributed by atoms with Crippen LogP contribution in [-0.4, -0.2) is 26.2 Å². The highest BCUT2D eigenvalue weighted by Crippen LogP contribution is 2.13. The third kappa shape index (κ3) is 4.60. The van der Waals surface area contributed by atoms with Gasteiger partial charge in [-0.25, -0.2) is 0 Å². The van der Waals surface area contributed by atoms with E-state index >= 15 is 0 Å². The Hall–Kier alpha value is -1.17. The summed E-state index contributed by atoms with van der Waals surface area (Å²) in [4.78, 5) is 0.103. The second-order valence-corrected chi connectivity index (χ2v) is 5.63. The first-order chi connectivity index (χ1) is 8.45. The van der Waals surface area contributed by atoms with Crippen molar-refractivity contribution in [2.45, 2.75) is 31.3 Å². The van der Waals surface area contributed by atoms with Gasteiger partial charge in [-0.05, 0) is 32.4 Å². The molecule has 1 aromatic carbocycles. The third-order valence-electron chi connectivity index (χ3n) is 2.37. The van der Waals surface area contributed by atoms with Crippen molar-refractivity contribution >= 4 is 10.1 Å². The SMILES string of the molecule is C/C=C/C[C@@H](O)COS(=O)(=O)c1ccc(C)cc1. The van der Waals surface area contributed by atoms with Gasteiger partial charge in [-0.15, -0.1) is 0 Å². The zero-order valence-electron chi connectivity index (χ0n) is 10.5. The number of hydrogen-bond acceptors (Lipinski definition) is 4. The topological polar surface area (TPSA) is 63.6 Å². The largest absolute Gasteiger partial charge is 0.390 e.